The van der Waals surface area contributed by atoms with Crippen molar-refractivity contribution >= 4 is 34.3 Å². The minimum Gasteiger partial charge on any atom is -0.325 e. The monoisotopic (exact) mass is 380 g/mol. The first kappa shape index (κ1) is 17.7. The molecule has 2 aromatic heterocycles. The number of aromatic nitrogens is 3. The van der Waals surface area contributed by atoms with Crippen LogP contribution in [0.2, 0.25) is 0 Å². The van der Waals surface area contributed by atoms with E-state index in [4.69, 9.17) is 0 Å². The fourth-order valence-corrected chi connectivity index (χ4v) is 4.53. The number of hydrogen-bond donors (Lipinski definition) is 1. The highest BCUT2D eigenvalue weighted by Crippen LogP contribution is 2.28. The van der Waals surface area contributed by atoms with E-state index >= 15 is 0 Å². The molecule has 3 aromatic rings. The van der Waals surface area contributed by atoms with Gasteiger partial charge in [-0.1, -0.05) is 24.8 Å². The van der Waals surface area contributed by atoms with Crippen molar-refractivity contribution in [1.29, 1.82) is 0 Å². The number of carbonyl (C=O) groups excluding carboxylic acids is 1. The number of pyridine rings is 1. The Balaban J connectivity index is 1.60. The molecule has 6 nitrogen and oxygen atoms in total. The van der Waals surface area contributed by atoms with Crippen molar-refractivity contribution in [2.24, 2.45) is 5.92 Å². The van der Waals surface area contributed by atoms with E-state index in [0.717, 1.165) is 27.8 Å². The fraction of sp³-hybridized carbons (Fsp3) is 0.300. The topological polar surface area (TPSA) is 76.9 Å². The Bertz CT molecular complexity index is 1090. The molecule has 4 rings (SSSR count). The van der Waals surface area contributed by atoms with Gasteiger partial charge in [0, 0.05) is 35.1 Å². The second-order valence-corrected chi connectivity index (χ2v) is 7.59. The molecule has 1 atom stereocenters. The number of thioether (sulfide) groups is 1. The molecule has 1 aliphatic heterocycles. The average Bonchev–Trinajstić information content (AvgIpc) is 2.68. The zero-order valence-electron chi connectivity index (χ0n) is 15.2. The highest BCUT2D eigenvalue weighted by molar-refractivity contribution is 7.99. The molecular weight excluding hydrogens is 360 g/mol. The van der Waals surface area contributed by atoms with E-state index < -0.39 is 0 Å². The van der Waals surface area contributed by atoms with Crippen LogP contribution in [0.1, 0.15) is 18.2 Å². The molecule has 0 radical (unpaired) electrons. The number of carbonyl (C=O) groups is 1. The second-order valence-electron chi connectivity index (χ2n) is 6.60. The molecule has 0 saturated heterocycles. The minimum absolute atomic E-state index is 0.0284. The molecular formula is C20H20N4O2S. The summed E-state index contributed by atoms with van der Waals surface area (Å²) < 4.78 is 1.65. The Morgan fingerprint density at radius 2 is 2.19 bits per heavy atom. The predicted octanol–water partition coefficient (Wildman–Crippen LogP) is 3.02. The van der Waals surface area contributed by atoms with Crippen LogP contribution in [-0.2, 0) is 17.8 Å². The molecule has 3 heterocycles. The summed E-state index contributed by atoms with van der Waals surface area (Å²) >= 11 is 1.47. The summed E-state index contributed by atoms with van der Waals surface area (Å²) in [7, 11) is 0. The van der Waals surface area contributed by atoms with E-state index in [0.29, 0.717) is 23.9 Å². The van der Waals surface area contributed by atoms with Crippen molar-refractivity contribution in [3.63, 3.8) is 0 Å². The lowest BCUT2D eigenvalue weighted by Crippen LogP contribution is -2.38. The van der Waals surface area contributed by atoms with Crippen molar-refractivity contribution < 1.29 is 4.79 Å². The number of rotatable bonds is 3. The molecule has 0 fully saturated rings. The van der Waals surface area contributed by atoms with Crippen molar-refractivity contribution in [2.75, 3.05) is 11.1 Å². The largest absolute Gasteiger partial charge is 0.325 e. The van der Waals surface area contributed by atoms with Crippen LogP contribution in [0.25, 0.3) is 10.9 Å². The Kier molecular flexibility index (Phi) is 4.70. The molecule has 0 spiro atoms. The van der Waals surface area contributed by atoms with Gasteiger partial charge in [-0.05, 0) is 37.6 Å². The number of anilines is 1. The Morgan fingerprint density at radius 3 is 3.00 bits per heavy atom. The molecule has 1 aromatic carbocycles. The summed E-state index contributed by atoms with van der Waals surface area (Å²) in [5.41, 5.74) is 3.06. The quantitative estimate of drug-likeness (QED) is 0.707. The third kappa shape index (κ3) is 3.23. The molecule has 1 N–H and O–H groups in total. The third-order valence-corrected chi connectivity index (χ3v) is 6.02. The number of aryl methyl sites for hydroxylation is 1. The molecule has 138 valence electrons. The van der Waals surface area contributed by atoms with Crippen molar-refractivity contribution in [3.8, 4) is 0 Å². The first-order valence-corrected chi connectivity index (χ1v) is 9.94. The van der Waals surface area contributed by atoms with Crippen molar-refractivity contribution in [1.82, 2.24) is 14.5 Å². The van der Waals surface area contributed by atoms with E-state index in [1.54, 1.807) is 10.8 Å². The molecule has 0 bridgehead atoms. The zero-order chi connectivity index (χ0) is 19.0. The van der Waals surface area contributed by atoms with Crippen molar-refractivity contribution in [2.45, 2.75) is 32.0 Å². The van der Waals surface area contributed by atoms with Crippen LogP contribution in [-0.4, -0.2) is 26.2 Å². The van der Waals surface area contributed by atoms with Crippen LogP contribution in [0.3, 0.4) is 0 Å². The molecule has 0 aliphatic carbocycles. The highest BCUT2D eigenvalue weighted by atomic mass is 32.2. The van der Waals surface area contributed by atoms with Crippen molar-refractivity contribution in [3.05, 3.63) is 58.1 Å². The number of amides is 1. The standard InChI is InChI=1S/C20H20N4O2S/c1-3-14-12(2)22-20-24(19(14)26)10-13(11-27-20)18(25)23-17-8-4-7-16-15(17)6-5-9-21-16/h4-9,13H,3,10-11H2,1-2H3,(H,23,25). The number of fused-ring (bicyclic) bond motifs is 2. The maximum absolute atomic E-state index is 12.9. The highest BCUT2D eigenvalue weighted by Gasteiger charge is 2.28. The summed E-state index contributed by atoms with van der Waals surface area (Å²) in [6.45, 7) is 4.18. The molecule has 1 aliphatic rings. The van der Waals surface area contributed by atoms with Gasteiger partial charge in [-0.2, -0.15) is 0 Å². The van der Waals surface area contributed by atoms with Gasteiger partial charge in [0.2, 0.25) is 5.91 Å². The molecule has 1 unspecified atom stereocenters. The van der Waals surface area contributed by atoms with E-state index in [9.17, 15) is 9.59 Å². The summed E-state index contributed by atoms with van der Waals surface area (Å²) in [6.07, 6.45) is 2.37. The normalized spacial score (nSPS) is 16.1. The lowest BCUT2D eigenvalue weighted by atomic mass is 10.1. The Labute approximate surface area is 161 Å². The average molecular weight is 380 g/mol. The van der Waals surface area contributed by atoms with Crippen LogP contribution >= 0.6 is 11.8 Å². The number of benzene rings is 1. The predicted molar refractivity (Wildman–Crippen MR) is 107 cm³/mol. The van der Waals surface area contributed by atoms with Gasteiger partial charge < -0.3 is 5.32 Å². The summed E-state index contributed by atoms with van der Waals surface area (Å²) in [4.78, 5) is 34.5. The summed E-state index contributed by atoms with van der Waals surface area (Å²) in [5.74, 6) is 0.225. The van der Waals surface area contributed by atoms with E-state index in [1.807, 2.05) is 44.2 Å². The second kappa shape index (κ2) is 7.15. The first-order chi connectivity index (χ1) is 13.1. The zero-order valence-corrected chi connectivity index (χ0v) is 16.0. The summed E-state index contributed by atoms with van der Waals surface area (Å²) in [6, 6.07) is 9.45. The van der Waals surface area contributed by atoms with Crippen LogP contribution in [0.15, 0.2) is 46.5 Å². The van der Waals surface area contributed by atoms with Gasteiger partial charge in [0.05, 0.1) is 17.1 Å². The van der Waals surface area contributed by atoms with Crippen LogP contribution < -0.4 is 10.9 Å². The van der Waals surface area contributed by atoms with Gasteiger partial charge >= 0.3 is 0 Å². The van der Waals surface area contributed by atoms with E-state index in [1.165, 1.54) is 11.8 Å². The van der Waals surface area contributed by atoms with E-state index in [-0.39, 0.29) is 17.4 Å². The minimum atomic E-state index is -0.290. The number of hydrogen-bond acceptors (Lipinski definition) is 5. The lowest BCUT2D eigenvalue weighted by Gasteiger charge is -2.25. The molecule has 7 heteroatoms. The van der Waals surface area contributed by atoms with Crippen LogP contribution in [0.5, 0.6) is 0 Å². The van der Waals surface area contributed by atoms with Crippen LogP contribution in [0.4, 0.5) is 5.69 Å². The Hall–Kier alpha value is -2.67. The smallest absolute Gasteiger partial charge is 0.257 e. The first-order valence-electron chi connectivity index (χ1n) is 8.96. The summed E-state index contributed by atoms with van der Waals surface area (Å²) in [5, 5.41) is 4.62. The van der Waals surface area contributed by atoms with E-state index in [2.05, 4.69) is 15.3 Å². The van der Waals surface area contributed by atoms with Gasteiger partial charge in [-0.15, -0.1) is 0 Å². The number of nitrogens with zero attached hydrogens (tertiary/aromatic N) is 3. The number of nitrogens with one attached hydrogen (secondary N) is 1. The van der Waals surface area contributed by atoms with Gasteiger partial charge in [-0.3, -0.25) is 19.1 Å². The maximum Gasteiger partial charge on any atom is 0.257 e. The molecule has 1 amide bonds. The van der Waals surface area contributed by atoms with Gasteiger partial charge in [0.1, 0.15) is 0 Å². The lowest BCUT2D eigenvalue weighted by molar-refractivity contribution is -0.119. The third-order valence-electron chi connectivity index (χ3n) is 4.88. The van der Waals surface area contributed by atoms with Gasteiger partial charge in [-0.25, -0.2) is 4.98 Å². The molecule has 27 heavy (non-hydrogen) atoms. The molecule has 0 saturated carbocycles. The van der Waals surface area contributed by atoms with Crippen LogP contribution in [0, 0.1) is 12.8 Å². The SMILES string of the molecule is CCc1c(C)nc2n(c1=O)CC(C(=O)Nc1cccc3ncccc13)CS2. The Morgan fingerprint density at radius 1 is 1.33 bits per heavy atom. The fourth-order valence-electron chi connectivity index (χ4n) is 3.41. The van der Waals surface area contributed by atoms with Gasteiger partial charge in [0.25, 0.3) is 5.56 Å². The van der Waals surface area contributed by atoms with Gasteiger partial charge in [0.15, 0.2) is 5.16 Å². The maximum atomic E-state index is 12.9.